The Morgan fingerprint density at radius 2 is 2.08 bits per heavy atom. The minimum absolute atomic E-state index is 0. The van der Waals surface area contributed by atoms with Crippen LogP contribution in [0, 0.1) is 23.1 Å². The summed E-state index contributed by atoms with van der Waals surface area (Å²) in [6, 6.07) is 5.23. The quantitative estimate of drug-likeness (QED) is 0.856. The number of halogens is 2. The smallest absolute Gasteiger partial charge is 0.224 e. The number of hydrogen-bond acceptors (Lipinski definition) is 2. The lowest BCUT2D eigenvalue weighted by Crippen LogP contribution is -2.38. The van der Waals surface area contributed by atoms with E-state index >= 15 is 0 Å². The molecule has 2 aliphatic carbocycles. The lowest BCUT2D eigenvalue weighted by Gasteiger charge is -2.33. The standard InChI is InChI=1S/C19H25FN2O.ClH/c1-12-5-6-13-14(3-2-4-16(13)20)17(12)22-18(23)15-11-19(15)7-9-21-10-8-19;/h2-4,12,15,17,21H,5-11H2,1H3,(H,22,23);1H. The molecule has 2 fully saturated rings. The van der Waals surface area contributed by atoms with Crippen LogP contribution in [0.5, 0.6) is 0 Å². The molecule has 4 rings (SSSR count). The molecule has 1 spiro atoms. The number of piperidine rings is 1. The van der Waals surface area contributed by atoms with E-state index in [1.165, 1.54) is 6.07 Å². The van der Waals surface area contributed by atoms with Gasteiger partial charge in [0, 0.05) is 5.92 Å². The van der Waals surface area contributed by atoms with Gasteiger partial charge in [0.1, 0.15) is 5.82 Å². The molecule has 1 aliphatic heterocycles. The SMILES string of the molecule is CC1CCc2c(F)cccc2C1NC(=O)C1CC12CCNCC2.Cl. The van der Waals surface area contributed by atoms with Gasteiger partial charge in [-0.2, -0.15) is 0 Å². The number of hydrogen-bond donors (Lipinski definition) is 2. The molecule has 3 nitrogen and oxygen atoms in total. The molecular weight excluding hydrogens is 327 g/mol. The van der Waals surface area contributed by atoms with Crippen LogP contribution in [-0.4, -0.2) is 19.0 Å². The minimum atomic E-state index is -0.130. The highest BCUT2D eigenvalue weighted by molar-refractivity contribution is 5.85. The van der Waals surface area contributed by atoms with Crippen LogP contribution in [0.15, 0.2) is 18.2 Å². The third kappa shape index (κ3) is 2.95. The number of carbonyl (C=O) groups is 1. The summed E-state index contributed by atoms with van der Waals surface area (Å²) in [5.74, 6) is 0.572. The second kappa shape index (κ2) is 6.64. The molecule has 3 unspecified atom stereocenters. The maximum Gasteiger partial charge on any atom is 0.224 e. The van der Waals surface area contributed by atoms with Crippen LogP contribution in [0.2, 0.25) is 0 Å². The zero-order valence-electron chi connectivity index (χ0n) is 14.1. The van der Waals surface area contributed by atoms with Gasteiger partial charge in [-0.25, -0.2) is 4.39 Å². The molecule has 0 radical (unpaired) electrons. The van der Waals surface area contributed by atoms with Crippen LogP contribution in [0.1, 0.15) is 49.8 Å². The number of benzene rings is 1. The molecule has 2 N–H and O–H groups in total. The Morgan fingerprint density at radius 1 is 1.33 bits per heavy atom. The summed E-state index contributed by atoms with van der Waals surface area (Å²) in [5.41, 5.74) is 2.03. The van der Waals surface area contributed by atoms with Gasteiger partial charge < -0.3 is 10.6 Å². The Balaban J connectivity index is 0.00000169. The van der Waals surface area contributed by atoms with Gasteiger partial charge in [0.15, 0.2) is 0 Å². The first-order valence-corrected chi connectivity index (χ1v) is 8.89. The van der Waals surface area contributed by atoms with Crippen molar-refractivity contribution in [1.29, 1.82) is 0 Å². The summed E-state index contributed by atoms with van der Waals surface area (Å²) >= 11 is 0. The van der Waals surface area contributed by atoms with Gasteiger partial charge in [-0.05, 0) is 73.7 Å². The molecule has 24 heavy (non-hydrogen) atoms. The maximum atomic E-state index is 14.0. The first kappa shape index (κ1) is 17.7. The molecule has 1 aromatic rings. The van der Waals surface area contributed by atoms with E-state index in [0.29, 0.717) is 5.92 Å². The summed E-state index contributed by atoms with van der Waals surface area (Å²) in [6.45, 7) is 4.21. The van der Waals surface area contributed by atoms with Crippen molar-refractivity contribution < 1.29 is 9.18 Å². The largest absolute Gasteiger partial charge is 0.349 e. The van der Waals surface area contributed by atoms with Crippen molar-refractivity contribution in [2.45, 2.75) is 45.1 Å². The molecule has 0 bridgehead atoms. The summed E-state index contributed by atoms with van der Waals surface area (Å²) in [5, 5.41) is 6.63. The fourth-order valence-corrected chi connectivity index (χ4v) is 4.65. The maximum absolute atomic E-state index is 14.0. The number of carbonyl (C=O) groups excluding carboxylic acids is 1. The number of rotatable bonds is 2. The van der Waals surface area contributed by atoms with E-state index in [2.05, 4.69) is 17.6 Å². The molecule has 3 aliphatic rings. The zero-order valence-corrected chi connectivity index (χ0v) is 14.9. The summed E-state index contributed by atoms with van der Waals surface area (Å²) in [4.78, 5) is 12.8. The first-order chi connectivity index (χ1) is 11.1. The number of amides is 1. The molecule has 0 aromatic heterocycles. The highest BCUT2D eigenvalue weighted by atomic mass is 35.5. The van der Waals surface area contributed by atoms with Gasteiger partial charge in [0.25, 0.3) is 0 Å². The van der Waals surface area contributed by atoms with E-state index in [0.717, 1.165) is 56.3 Å². The van der Waals surface area contributed by atoms with Crippen molar-refractivity contribution in [2.24, 2.45) is 17.3 Å². The Kier molecular flexibility index (Phi) is 4.89. The molecule has 1 aromatic carbocycles. The van der Waals surface area contributed by atoms with Crippen molar-refractivity contribution in [3.63, 3.8) is 0 Å². The normalized spacial score (nSPS) is 30.2. The monoisotopic (exact) mass is 352 g/mol. The zero-order chi connectivity index (χ0) is 16.0. The molecule has 132 valence electrons. The topological polar surface area (TPSA) is 41.1 Å². The fourth-order valence-electron chi connectivity index (χ4n) is 4.65. The van der Waals surface area contributed by atoms with E-state index in [4.69, 9.17) is 0 Å². The van der Waals surface area contributed by atoms with Gasteiger partial charge in [0.05, 0.1) is 6.04 Å². The van der Waals surface area contributed by atoms with Gasteiger partial charge >= 0.3 is 0 Å². The Labute approximate surface area is 149 Å². The summed E-state index contributed by atoms with van der Waals surface area (Å²) < 4.78 is 14.0. The van der Waals surface area contributed by atoms with Crippen molar-refractivity contribution in [3.05, 3.63) is 35.1 Å². The number of fused-ring (bicyclic) bond motifs is 1. The Bertz CT molecular complexity index is 630. The molecular formula is C19H26ClFN2O. The lowest BCUT2D eigenvalue weighted by molar-refractivity contribution is -0.124. The van der Waals surface area contributed by atoms with Crippen molar-refractivity contribution in [2.75, 3.05) is 13.1 Å². The highest BCUT2D eigenvalue weighted by Gasteiger charge is 2.57. The summed E-state index contributed by atoms with van der Waals surface area (Å²) in [7, 11) is 0. The molecule has 1 amide bonds. The number of nitrogens with one attached hydrogen (secondary N) is 2. The van der Waals surface area contributed by atoms with Crippen LogP contribution in [0.3, 0.4) is 0 Å². The predicted molar refractivity (Wildman–Crippen MR) is 94.7 cm³/mol. The van der Waals surface area contributed by atoms with Crippen LogP contribution >= 0.6 is 12.4 Å². The van der Waals surface area contributed by atoms with Crippen molar-refractivity contribution in [1.82, 2.24) is 10.6 Å². The van der Waals surface area contributed by atoms with Gasteiger partial charge in [-0.1, -0.05) is 19.1 Å². The fraction of sp³-hybridized carbons (Fsp3) is 0.632. The van der Waals surface area contributed by atoms with E-state index in [1.54, 1.807) is 6.07 Å². The molecule has 1 saturated carbocycles. The second-order valence-corrected chi connectivity index (χ2v) is 7.68. The molecule has 1 heterocycles. The van der Waals surface area contributed by atoms with Crippen LogP contribution in [0.25, 0.3) is 0 Å². The van der Waals surface area contributed by atoms with E-state index in [1.807, 2.05) is 6.07 Å². The highest BCUT2D eigenvalue weighted by Crippen LogP contribution is 2.58. The molecule has 3 atom stereocenters. The van der Waals surface area contributed by atoms with Crippen LogP contribution < -0.4 is 10.6 Å². The molecule has 5 heteroatoms. The van der Waals surface area contributed by atoms with E-state index in [9.17, 15) is 9.18 Å². The second-order valence-electron chi connectivity index (χ2n) is 7.68. The van der Waals surface area contributed by atoms with E-state index < -0.39 is 0 Å². The van der Waals surface area contributed by atoms with Crippen LogP contribution in [-0.2, 0) is 11.2 Å². The lowest BCUT2D eigenvalue weighted by atomic mass is 9.80. The third-order valence-corrected chi connectivity index (χ3v) is 6.31. The average molecular weight is 353 g/mol. The van der Waals surface area contributed by atoms with Gasteiger partial charge in [-0.3, -0.25) is 4.79 Å². The van der Waals surface area contributed by atoms with E-state index in [-0.39, 0.29) is 41.5 Å². The Morgan fingerprint density at radius 3 is 2.83 bits per heavy atom. The van der Waals surface area contributed by atoms with Crippen molar-refractivity contribution >= 4 is 18.3 Å². The first-order valence-electron chi connectivity index (χ1n) is 8.89. The van der Waals surface area contributed by atoms with Crippen LogP contribution in [0.4, 0.5) is 4.39 Å². The van der Waals surface area contributed by atoms with Gasteiger partial charge in [-0.15, -0.1) is 12.4 Å². The predicted octanol–water partition coefficient (Wildman–Crippen LogP) is 3.38. The average Bonchev–Trinajstić information content (AvgIpc) is 3.24. The molecule has 1 saturated heterocycles. The van der Waals surface area contributed by atoms with Crippen molar-refractivity contribution in [3.8, 4) is 0 Å². The summed E-state index contributed by atoms with van der Waals surface area (Å²) in [6.07, 6.45) is 4.94. The third-order valence-electron chi connectivity index (χ3n) is 6.31. The minimum Gasteiger partial charge on any atom is -0.349 e. The van der Waals surface area contributed by atoms with Gasteiger partial charge in [0.2, 0.25) is 5.91 Å². The Hall–Kier alpha value is -1.13.